The molecule has 4 N–H and O–H groups in total. The van der Waals surface area contributed by atoms with E-state index in [0.717, 1.165) is 12.8 Å². The quantitative estimate of drug-likeness (QED) is 0.775. The average molecular weight is 274 g/mol. The van der Waals surface area contributed by atoms with Gasteiger partial charge >= 0.3 is 0 Å². The van der Waals surface area contributed by atoms with Crippen LogP contribution in [-0.2, 0) is 0 Å². The van der Waals surface area contributed by atoms with Crippen LogP contribution < -0.4 is 10.5 Å². The van der Waals surface area contributed by atoms with Crippen molar-refractivity contribution in [1.29, 1.82) is 0 Å². The van der Waals surface area contributed by atoms with Crippen molar-refractivity contribution in [2.45, 2.75) is 25.4 Å². The fourth-order valence-electron chi connectivity index (χ4n) is 2.06. The Balaban J connectivity index is 1.90. The van der Waals surface area contributed by atoms with Crippen molar-refractivity contribution >= 4 is 5.91 Å². The summed E-state index contributed by atoms with van der Waals surface area (Å²) in [7, 11) is 0. The monoisotopic (exact) mass is 274 g/mol. The topological polar surface area (TPSA) is 114 Å². The third kappa shape index (κ3) is 2.18. The summed E-state index contributed by atoms with van der Waals surface area (Å²) in [5.74, 6) is -0.138. The lowest BCUT2D eigenvalue weighted by atomic mass is 9.96. The van der Waals surface area contributed by atoms with Crippen LogP contribution in [0.4, 0.5) is 0 Å². The molecule has 0 bridgehead atoms. The Morgan fingerprint density at radius 1 is 1.40 bits per heavy atom. The van der Waals surface area contributed by atoms with Gasteiger partial charge in [0.2, 0.25) is 0 Å². The third-order valence-corrected chi connectivity index (χ3v) is 3.36. The number of benzene rings is 1. The normalized spacial score (nSPS) is 14.8. The van der Waals surface area contributed by atoms with Gasteiger partial charge in [-0.15, -0.1) is 0 Å². The second-order valence-corrected chi connectivity index (χ2v) is 4.73. The number of carbonyl (C=O) groups excluding carboxylic acids is 1. The summed E-state index contributed by atoms with van der Waals surface area (Å²) in [6.07, 6.45) is 3.48. The zero-order valence-corrected chi connectivity index (χ0v) is 10.7. The number of phenols is 1. The van der Waals surface area contributed by atoms with Crippen LogP contribution in [0.2, 0.25) is 0 Å². The first-order valence-electron chi connectivity index (χ1n) is 6.36. The van der Waals surface area contributed by atoms with E-state index < -0.39 is 5.91 Å². The lowest BCUT2D eigenvalue weighted by Gasteiger charge is -2.26. The molecule has 1 aromatic carbocycles. The van der Waals surface area contributed by atoms with Crippen molar-refractivity contribution < 1.29 is 14.6 Å². The van der Waals surface area contributed by atoms with Gasteiger partial charge in [-0.1, -0.05) is 0 Å². The molecule has 1 amide bonds. The lowest BCUT2D eigenvalue weighted by Crippen LogP contribution is -2.24. The summed E-state index contributed by atoms with van der Waals surface area (Å²) < 4.78 is 5.69. The number of aromatic nitrogens is 3. The van der Waals surface area contributed by atoms with Crippen LogP contribution in [0.5, 0.6) is 11.5 Å². The van der Waals surface area contributed by atoms with E-state index in [2.05, 4.69) is 15.4 Å². The Morgan fingerprint density at radius 3 is 2.80 bits per heavy atom. The number of nitrogens with zero attached hydrogens (tertiary/aromatic N) is 2. The number of rotatable bonds is 4. The molecule has 1 aromatic heterocycles. The fourth-order valence-corrected chi connectivity index (χ4v) is 2.06. The number of primary amides is 1. The van der Waals surface area contributed by atoms with Gasteiger partial charge in [0.05, 0.1) is 6.10 Å². The number of H-pyrrole nitrogens is 1. The third-order valence-electron chi connectivity index (χ3n) is 3.36. The molecule has 2 aromatic rings. The number of nitrogens with one attached hydrogen (secondary N) is 1. The maximum Gasteiger partial charge on any atom is 0.271 e. The van der Waals surface area contributed by atoms with Crippen LogP contribution >= 0.6 is 0 Å². The van der Waals surface area contributed by atoms with Gasteiger partial charge in [0.25, 0.3) is 5.91 Å². The number of carbonyl (C=O) groups is 1. The van der Waals surface area contributed by atoms with Crippen LogP contribution in [-0.4, -0.2) is 32.5 Å². The molecule has 104 valence electrons. The highest BCUT2D eigenvalue weighted by Gasteiger charge is 2.21. The van der Waals surface area contributed by atoms with E-state index in [0.29, 0.717) is 11.3 Å². The molecule has 0 unspecified atom stereocenters. The van der Waals surface area contributed by atoms with E-state index in [4.69, 9.17) is 10.5 Å². The van der Waals surface area contributed by atoms with Crippen molar-refractivity contribution in [1.82, 2.24) is 15.4 Å². The van der Waals surface area contributed by atoms with E-state index in [9.17, 15) is 9.90 Å². The molecule has 0 saturated heterocycles. The van der Waals surface area contributed by atoms with E-state index in [-0.39, 0.29) is 23.2 Å². The minimum Gasteiger partial charge on any atom is -0.507 e. The molecule has 7 nitrogen and oxygen atoms in total. The largest absolute Gasteiger partial charge is 0.507 e. The van der Waals surface area contributed by atoms with Crippen molar-refractivity contribution in [3.63, 3.8) is 0 Å². The number of phenolic OH excluding ortho intramolecular Hbond substituents is 1. The van der Waals surface area contributed by atoms with Gasteiger partial charge in [-0.05, 0) is 31.4 Å². The number of nitrogens with two attached hydrogens (primary N) is 1. The van der Waals surface area contributed by atoms with Crippen LogP contribution in [0.1, 0.15) is 29.8 Å². The first kappa shape index (κ1) is 12.5. The summed E-state index contributed by atoms with van der Waals surface area (Å²) in [5.41, 5.74) is 5.80. The minimum atomic E-state index is -0.706. The standard InChI is InChI=1S/C13H14N4O3/c14-13(19)12-11(15-17-16-12)9-5-4-8(6-10(9)18)20-7-2-1-3-7/h4-7,18H,1-3H2,(H2,14,19)(H,15,16,17). The molecule has 1 aliphatic rings. The molecule has 0 spiro atoms. The molecular weight excluding hydrogens is 260 g/mol. The van der Waals surface area contributed by atoms with E-state index in [1.165, 1.54) is 12.5 Å². The summed E-state index contributed by atoms with van der Waals surface area (Å²) in [4.78, 5) is 11.2. The molecular formula is C13H14N4O3. The lowest BCUT2D eigenvalue weighted by molar-refractivity contribution is 0.0996. The number of aromatic hydroxyl groups is 1. The Labute approximate surface area is 114 Å². The molecule has 1 saturated carbocycles. The van der Waals surface area contributed by atoms with Crippen LogP contribution in [0.15, 0.2) is 18.2 Å². The maximum atomic E-state index is 11.2. The molecule has 20 heavy (non-hydrogen) atoms. The molecule has 3 rings (SSSR count). The highest BCUT2D eigenvalue weighted by atomic mass is 16.5. The van der Waals surface area contributed by atoms with E-state index in [1.54, 1.807) is 12.1 Å². The van der Waals surface area contributed by atoms with Gasteiger partial charge in [-0.2, -0.15) is 15.4 Å². The molecule has 1 aliphatic carbocycles. The van der Waals surface area contributed by atoms with Gasteiger partial charge in [-0.3, -0.25) is 4.79 Å². The van der Waals surface area contributed by atoms with Gasteiger partial charge < -0.3 is 15.6 Å². The molecule has 1 heterocycles. The average Bonchev–Trinajstić information content (AvgIpc) is 2.83. The SMILES string of the molecule is NC(=O)c1n[nH]nc1-c1ccc(OC2CCC2)cc1O. The molecule has 7 heteroatoms. The van der Waals surface area contributed by atoms with Crippen molar-refractivity contribution in [2.75, 3.05) is 0 Å². The van der Waals surface area contributed by atoms with Crippen molar-refractivity contribution in [3.05, 3.63) is 23.9 Å². The number of hydrogen-bond acceptors (Lipinski definition) is 5. The van der Waals surface area contributed by atoms with Crippen molar-refractivity contribution in [2.24, 2.45) is 5.73 Å². The smallest absolute Gasteiger partial charge is 0.271 e. The molecule has 0 aliphatic heterocycles. The Kier molecular flexibility index (Phi) is 3.02. The Hall–Kier alpha value is -2.57. The zero-order chi connectivity index (χ0) is 14.1. The summed E-state index contributed by atoms with van der Waals surface area (Å²) in [6, 6.07) is 4.87. The van der Waals surface area contributed by atoms with Gasteiger partial charge in [0.1, 0.15) is 17.2 Å². The summed E-state index contributed by atoms with van der Waals surface area (Å²) in [5, 5.41) is 19.9. The highest BCUT2D eigenvalue weighted by Crippen LogP contribution is 2.34. The summed E-state index contributed by atoms with van der Waals surface area (Å²) >= 11 is 0. The van der Waals surface area contributed by atoms with Gasteiger partial charge in [0.15, 0.2) is 5.69 Å². The predicted molar refractivity (Wildman–Crippen MR) is 70.3 cm³/mol. The number of hydrogen-bond donors (Lipinski definition) is 3. The number of ether oxygens (including phenoxy) is 1. The van der Waals surface area contributed by atoms with Crippen LogP contribution in [0.3, 0.4) is 0 Å². The second kappa shape index (κ2) is 4.84. The molecule has 1 fully saturated rings. The second-order valence-electron chi connectivity index (χ2n) is 4.73. The van der Waals surface area contributed by atoms with E-state index >= 15 is 0 Å². The molecule has 0 radical (unpaired) electrons. The molecule has 0 atom stereocenters. The van der Waals surface area contributed by atoms with E-state index in [1.807, 2.05) is 0 Å². The Bertz CT molecular complexity index is 649. The zero-order valence-electron chi connectivity index (χ0n) is 10.7. The van der Waals surface area contributed by atoms with Crippen LogP contribution in [0.25, 0.3) is 11.3 Å². The first-order chi connectivity index (χ1) is 9.65. The maximum absolute atomic E-state index is 11.2. The Morgan fingerprint density at radius 2 is 2.20 bits per heavy atom. The number of aromatic amines is 1. The van der Waals surface area contributed by atoms with Gasteiger partial charge in [-0.25, -0.2) is 0 Å². The summed E-state index contributed by atoms with van der Waals surface area (Å²) in [6.45, 7) is 0. The predicted octanol–water partition coefficient (Wildman–Crippen LogP) is 1.21. The number of amides is 1. The van der Waals surface area contributed by atoms with Crippen LogP contribution in [0, 0.1) is 0 Å². The minimum absolute atomic E-state index is 0.00652. The fraction of sp³-hybridized carbons (Fsp3) is 0.308. The first-order valence-corrected chi connectivity index (χ1v) is 6.36. The van der Waals surface area contributed by atoms with Gasteiger partial charge in [0, 0.05) is 11.6 Å². The van der Waals surface area contributed by atoms with Crippen molar-refractivity contribution in [3.8, 4) is 22.8 Å². The highest BCUT2D eigenvalue weighted by molar-refractivity contribution is 5.97.